The summed E-state index contributed by atoms with van der Waals surface area (Å²) in [5.41, 5.74) is 7.34. The van der Waals surface area contributed by atoms with Gasteiger partial charge >= 0.3 is 0 Å². The minimum absolute atomic E-state index is 0.0337. The highest BCUT2D eigenvalue weighted by molar-refractivity contribution is 5.97. The number of nitrogens with one attached hydrogen (secondary N) is 2. The molecule has 2 aromatic rings. The first kappa shape index (κ1) is 23.3. The molecule has 11 heteroatoms. The van der Waals surface area contributed by atoms with Crippen molar-refractivity contribution in [2.45, 2.75) is 31.8 Å². The molecule has 1 aliphatic carbocycles. The number of carbonyl (C=O) groups is 3. The summed E-state index contributed by atoms with van der Waals surface area (Å²) >= 11 is 0. The van der Waals surface area contributed by atoms with Crippen molar-refractivity contribution in [3.05, 3.63) is 36.0 Å². The normalized spacial score (nSPS) is 17.8. The topological polar surface area (TPSA) is 137 Å². The van der Waals surface area contributed by atoms with Crippen molar-refractivity contribution in [2.75, 3.05) is 49.3 Å². The maximum Gasteiger partial charge on any atom is 0.254 e. The van der Waals surface area contributed by atoms with Gasteiger partial charge in [0.15, 0.2) is 0 Å². The van der Waals surface area contributed by atoms with Gasteiger partial charge in [-0.2, -0.15) is 4.98 Å². The summed E-state index contributed by atoms with van der Waals surface area (Å²) < 4.78 is 0. The zero-order chi connectivity index (χ0) is 24.4. The van der Waals surface area contributed by atoms with Gasteiger partial charge < -0.3 is 31.1 Å². The predicted octanol–water partition coefficient (Wildman–Crippen LogP) is 1.02. The molecule has 11 nitrogen and oxygen atoms in total. The van der Waals surface area contributed by atoms with Crippen LogP contribution in [0.5, 0.6) is 0 Å². The van der Waals surface area contributed by atoms with Crippen molar-refractivity contribution in [3.8, 4) is 0 Å². The van der Waals surface area contributed by atoms with Crippen LogP contribution in [0, 0.1) is 0 Å². The number of hydrogen-bond donors (Lipinski definition) is 3. The van der Waals surface area contributed by atoms with E-state index < -0.39 is 11.9 Å². The molecule has 0 radical (unpaired) electrons. The van der Waals surface area contributed by atoms with E-state index in [-0.39, 0.29) is 17.4 Å². The number of carbonyl (C=O) groups excluding carboxylic acids is 3. The summed E-state index contributed by atoms with van der Waals surface area (Å²) in [6, 6.07) is 7.45. The highest BCUT2D eigenvalue weighted by Crippen LogP contribution is 2.27. The molecule has 2 fully saturated rings. The van der Waals surface area contributed by atoms with Crippen molar-refractivity contribution in [1.82, 2.24) is 19.8 Å². The van der Waals surface area contributed by atoms with Crippen LogP contribution in [0.15, 0.2) is 30.5 Å². The molecule has 2 heterocycles. The van der Waals surface area contributed by atoms with Gasteiger partial charge in [0.25, 0.3) is 5.91 Å². The molecular formula is C23H30N8O3. The highest BCUT2D eigenvalue weighted by Gasteiger charge is 2.34. The van der Waals surface area contributed by atoms with Crippen molar-refractivity contribution in [2.24, 2.45) is 5.73 Å². The van der Waals surface area contributed by atoms with E-state index in [1.807, 2.05) is 29.2 Å². The summed E-state index contributed by atoms with van der Waals surface area (Å²) in [7, 11) is 3.44. The number of likely N-dealkylation sites (N-methyl/N-ethyl adjacent to an activating group) is 1. The number of hydrogen-bond acceptors (Lipinski definition) is 8. The zero-order valence-corrected chi connectivity index (χ0v) is 19.6. The molecule has 1 aromatic carbocycles. The molecule has 180 valence electrons. The van der Waals surface area contributed by atoms with Crippen molar-refractivity contribution < 1.29 is 14.4 Å². The molecule has 1 saturated heterocycles. The molecule has 4 rings (SSSR count). The van der Waals surface area contributed by atoms with E-state index in [1.54, 1.807) is 23.9 Å². The SMILES string of the molecule is CC(=O)N1CCN(c2ccc(Nc3ncc(C(N)=O)c(NC4CC4)n3)cc2)C(C(=O)N(C)C)C1. The maximum atomic E-state index is 12.8. The van der Waals surface area contributed by atoms with E-state index in [0.29, 0.717) is 37.4 Å². The number of nitrogens with zero attached hydrogens (tertiary/aromatic N) is 5. The smallest absolute Gasteiger partial charge is 0.254 e. The first-order valence-corrected chi connectivity index (χ1v) is 11.3. The predicted molar refractivity (Wildman–Crippen MR) is 129 cm³/mol. The van der Waals surface area contributed by atoms with Gasteiger partial charge in [-0.1, -0.05) is 0 Å². The second-order valence-corrected chi connectivity index (χ2v) is 8.82. The van der Waals surface area contributed by atoms with Gasteiger partial charge in [0.05, 0.1) is 12.1 Å². The monoisotopic (exact) mass is 466 g/mol. The summed E-state index contributed by atoms with van der Waals surface area (Å²) in [4.78, 5) is 50.3. The molecule has 4 N–H and O–H groups in total. The van der Waals surface area contributed by atoms with Gasteiger partial charge in [0.2, 0.25) is 17.8 Å². The van der Waals surface area contributed by atoms with Crippen LogP contribution in [0.3, 0.4) is 0 Å². The molecule has 0 bridgehead atoms. The van der Waals surface area contributed by atoms with Gasteiger partial charge in [-0.15, -0.1) is 0 Å². The summed E-state index contributed by atoms with van der Waals surface area (Å²) in [6.07, 6.45) is 3.48. The lowest BCUT2D eigenvalue weighted by Crippen LogP contribution is -2.59. The minimum Gasteiger partial charge on any atom is -0.367 e. The Morgan fingerprint density at radius 1 is 1.12 bits per heavy atom. The molecule has 1 unspecified atom stereocenters. The van der Waals surface area contributed by atoms with Crippen molar-refractivity contribution in [1.29, 1.82) is 0 Å². The lowest BCUT2D eigenvalue weighted by Gasteiger charge is -2.42. The number of aromatic nitrogens is 2. The van der Waals surface area contributed by atoms with Gasteiger partial charge in [0.1, 0.15) is 11.9 Å². The molecule has 1 aliphatic heterocycles. The van der Waals surface area contributed by atoms with Crippen LogP contribution in [-0.4, -0.2) is 83.3 Å². The Morgan fingerprint density at radius 2 is 1.82 bits per heavy atom. The molecule has 1 atom stereocenters. The number of benzene rings is 1. The van der Waals surface area contributed by atoms with Crippen LogP contribution >= 0.6 is 0 Å². The van der Waals surface area contributed by atoms with Gasteiger partial charge in [0, 0.05) is 57.7 Å². The molecule has 0 spiro atoms. The first-order chi connectivity index (χ1) is 16.2. The third-order valence-electron chi connectivity index (χ3n) is 5.98. The van der Waals surface area contributed by atoms with Crippen LogP contribution in [0.1, 0.15) is 30.1 Å². The Hall–Kier alpha value is -3.89. The second-order valence-electron chi connectivity index (χ2n) is 8.82. The average molecular weight is 467 g/mol. The van der Waals surface area contributed by atoms with E-state index in [2.05, 4.69) is 20.6 Å². The molecule has 2 aliphatic rings. The van der Waals surface area contributed by atoms with Gasteiger partial charge in [-0.25, -0.2) is 4.98 Å². The average Bonchev–Trinajstić information content (AvgIpc) is 3.62. The fourth-order valence-corrected chi connectivity index (χ4v) is 3.91. The van der Waals surface area contributed by atoms with Crippen molar-refractivity contribution in [3.63, 3.8) is 0 Å². The number of rotatable bonds is 7. The number of primary amides is 1. The van der Waals surface area contributed by atoms with Crippen LogP contribution in [-0.2, 0) is 9.59 Å². The molecule has 1 aromatic heterocycles. The van der Waals surface area contributed by atoms with Crippen LogP contribution in [0.25, 0.3) is 0 Å². The highest BCUT2D eigenvalue weighted by atomic mass is 16.2. The number of anilines is 4. The molecule has 1 saturated carbocycles. The van der Waals surface area contributed by atoms with Crippen molar-refractivity contribution >= 4 is 40.9 Å². The quantitative estimate of drug-likeness (QED) is 0.550. The number of amides is 3. The largest absolute Gasteiger partial charge is 0.367 e. The van der Waals surface area contributed by atoms with Gasteiger partial charge in [-0.05, 0) is 37.1 Å². The van der Waals surface area contributed by atoms with E-state index in [0.717, 1.165) is 24.2 Å². The Kier molecular flexibility index (Phi) is 6.53. The van der Waals surface area contributed by atoms with E-state index in [4.69, 9.17) is 5.73 Å². The lowest BCUT2D eigenvalue weighted by atomic mass is 10.1. The van der Waals surface area contributed by atoms with Crippen LogP contribution < -0.4 is 21.3 Å². The summed E-state index contributed by atoms with van der Waals surface area (Å²) in [5.74, 6) is 0.111. The minimum atomic E-state index is -0.578. The summed E-state index contributed by atoms with van der Waals surface area (Å²) in [5, 5.41) is 6.37. The van der Waals surface area contributed by atoms with E-state index in [9.17, 15) is 14.4 Å². The number of nitrogens with two attached hydrogens (primary N) is 1. The zero-order valence-electron chi connectivity index (χ0n) is 19.6. The third-order valence-corrected chi connectivity index (χ3v) is 5.98. The Labute approximate surface area is 198 Å². The third kappa shape index (κ3) is 5.19. The molecule has 3 amide bonds. The first-order valence-electron chi connectivity index (χ1n) is 11.3. The molecule has 34 heavy (non-hydrogen) atoms. The van der Waals surface area contributed by atoms with E-state index in [1.165, 1.54) is 13.1 Å². The molecular weight excluding hydrogens is 436 g/mol. The Morgan fingerprint density at radius 3 is 2.41 bits per heavy atom. The lowest BCUT2D eigenvalue weighted by molar-refractivity contribution is -0.134. The van der Waals surface area contributed by atoms with Gasteiger partial charge in [-0.3, -0.25) is 14.4 Å². The summed E-state index contributed by atoms with van der Waals surface area (Å²) in [6.45, 7) is 2.99. The standard InChI is InChI=1S/C23H30N8O3/c1-14(32)30-10-11-31(19(13-30)22(34)29(2)3)17-8-6-16(7-9-17)27-23-25-12-18(20(24)33)21(28-23)26-15-4-5-15/h6-9,12,15,19H,4-5,10-11,13H2,1-3H3,(H2,24,33)(H2,25,26,27,28). The van der Waals surface area contributed by atoms with Crippen LogP contribution in [0.4, 0.5) is 23.1 Å². The fourth-order valence-electron chi connectivity index (χ4n) is 3.91. The Balaban J connectivity index is 1.50. The Bertz CT molecular complexity index is 1080. The van der Waals surface area contributed by atoms with E-state index >= 15 is 0 Å². The number of piperazine rings is 1. The second kappa shape index (κ2) is 9.54. The maximum absolute atomic E-state index is 12.8. The van der Waals surface area contributed by atoms with Crippen LogP contribution in [0.2, 0.25) is 0 Å². The fraction of sp³-hybridized carbons (Fsp3) is 0.435.